The average Bonchev–Trinajstić information content (AvgIpc) is 2.76. The zero-order valence-electron chi connectivity index (χ0n) is 11.2. The molecular formula is C14H20N4. The molecule has 1 aromatic heterocycles. The number of rotatable bonds is 5. The summed E-state index contributed by atoms with van der Waals surface area (Å²) in [6.45, 7) is 5.12. The van der Waals surface area contributed by atoms with E-state index in [-0.39, 0.29) is 0 Å². The first-order valence-corrected chi connectivity index (χ1v) is 6.28. The minimum atomic E-state index is 0.424. The van der Waals surface area contributed by atoms with Gasteiger partial charge in [0.05, 0.1) is 5.69 Å². The molecule has 0 fully saturated rings. The maximum absolute atomic E-state index is 4.06. The molecule has 0 aliphatic carbocycles. The van der Waals surface area contributed by atoms with Gasteiger partial charge in [0.1, 0.15) is 0 Å². The van der Waals surface area contributed by atoms with E-state index in [4.69, 9.17) is 0 Å². The fourth-order valence-electron chi connectivity index (χ4n) is 2.00. The molecule has 1 unspecified atom stereocenters. The van der Waals surface area contributed by atoms with Gasteiger partial charge in [-0.3, -0.25) is 4.68 Å². The summed E-state index contributed by atoms with van der Waals surface area (Å²) in [7, 11) is 1.88. The molecule has 1 atom stereocenters. The Bertz CT molecular complexity index is 504. The third kappa shape index (κ3) is 3.40. The molecule has 0 saturated heterocycles. The summed E-state index contributed by atoms with van der Waals surface area (Å²) in [5, 5.41) is 11.5. The molecule has 0 saturated carbocycles. The summed E-state index contributed by atoms with van der Waals surface area (Å²) >= 11 is 0. The van der Waals surface area contributed by atoms with Crippen molar-refractivity contribution >= 4 is 0 Å². The van der Waals surface area contributed by atoms with Gasteiger partial charge in [-0.15, -0.1) is 5.10 Å². The molecule has 0 bridgehead atoms. The second-order valence-electron chi connectivity index (χ2n) is 4.80. The van der Waals surface area contributed by atoms with Gasteiger partial charge in [-0.25, -0.2) is 0 Å². The minimum Gasteiger partial charge on any atom is -0.308 e. The van der Waals surface area contributed by atoms with E-state index < -0.39 is 0 Å². The third-order valence-corrected chi connectivity index (χ3v) is 3.07. The Morgan fingerprint density at radius 3 is 2.78 bits per heavy atom. The van der Waals surface area contributed by atoms with Crippen molar-refractivity contribution in [2.45, 2.75) is 32.9 Å². The Labute approximate surface area is 108 Å². The summed E-state index contributed by atoms with van der Waals surface area (Å²) in [5.41, 5.74) is 3.73. The smallest absolute Gasteiger partial charge is 0.0964 e. The molecule has 0 aliphatic rings. The zero-order valence-corrected chi connectivity index (χ0v) is 11.2. The van der Waals surface area contributed by atoms with Crippen LogP contribution in [0.15, 0.2) is 30.5 Å². The largest absolute Gasteiger partial charge is 0.308 e. The summed E-state index contributed by atoms with van der Waals surface area (Å²) in [4.78, 5) is 0. The van der Waals surface area contributed by atoms with Crippen molar-refractivity contribution in [1.82, 2.24) is 20.3 Å². The van der Waals surface area contributed by atoms with E-state index in [1.54, 1.807) is 4.68 Å². The van der Waals surface area contributed by atoms with Gasteiger partial charge in [-0.1, -0.05) is 29.5 Å². The second-order valence-corrected chi connectivity index (χ2v) is 4.80. The monoisotopic (exact) mass is 244 g/mol. The van der Waals surface area contributed by atoms with E-state index in [9.17, 15) is 0 Å². The first-order chi connectivity index (χ1) is 8.65. The van der Waals surface area contributed by atoms with Gasteiger partial charge in [0.15, 0.2) is 0 Å². The van der Waals surface area contributed by atoms with Gasteiger partial charge in [0.25, 0.3) is 0 Å². The molecule has 1 aromatic carbocycles. The standard InChI is InChI=1S/C14H20N4/c1-11-6-4-5-7-13(11)8-12(2)15-9-14-10-18(3)17-16-14/h4-7,10,12,15H,8-9H2,1-3H3. The van der Waals surface area contributed by atoms with Gasteiger partial charge >= 0.3 is 0 Å². The highest BCUT2D eigenvalue weighted by Gasteiger charge is 2.06. The molecule has 2 aromatic rings. The highest BCUT2D eigenvalue weighted by atomic mass is 15.4. The zero-order chi connectivity index (χ0) is 13.0. The van der Waals surface area contributed by atoms with Crippen LogP contribution in [-0.4, -0.2) is 21.0 Å². The lowest BCUT2D eigenvalue weighted by atomic mass is 10.0. The Morgan fingerprint density at radius 2 is 2.11 bits per heavy atom. The van der Waals surface area contributed by atoms with Crippen LogP contribution in [0.2, 0.25) is 0 Å². The molecule has 0 amide bonds. The molecular weight excluding hydrogens is 224 g/mol. The topological polar surface area (TPSA) is 42.7 Å². The molecule has 0 radical (unpaired) electrons. The molecule has 2 rings (SSSR count). The van der Waals surface area contributed by atoms with Crippen molar-refractivity contribution in [3.05, 3.63) is 47.3 Å². The van der Waals surface area contributed by atoms with Crippen molar-refractivity contribution in [3.63, 3.8) is 0 Å². The van der Waals surface area contributed by atoms with E-state index in [1.165, 1.54) is 11.1 Å². The lowest BCUT2D eigenvalue weighted by molar-refractivity contribution is 0.538. The first kappa shape index (κ1) is 12.8. The third-order valence-electron chi connectivity index (χ3n) is 3.07. The quantitative estimate of drug-likeness (QED) is 0.872. The molecule has 18 heavy (non-hydrogen) atoms. The summed E-state index contributed by atoms with van der Waals surface area (Å²) in [5.74, 6) is 0. The van der Waals surface area contributed by atoms with E-state index in [0.29, 0.717) is 6.04 Å². The van der Waals surface area contributed by atoms with Crippen LogP contribution in [-0.2, 0) is 20.0 Å². The molecule has 0 aliphatic heterocycles. The van der Waals surface area contributed by atoms with E-state index in [2.05, 4.69) is 53.7 Å². The lowest BCUT2D eigenvalue weighted by Crippen LogP contribution is -2.28. The van der Waals surface area contributed by atoms with Crippen LogP contribution in [0.5, 0.6) is 0 Å². The van der Waals surface area contributed by atoms with Crippen LogP contribution in [0.25, 0.3) is 0 Å². The number of nitrogens with one attached hydrogen (secondary N) is 1. The Morgan fingerprint density at radius 1 is 1.33 bits per heavy atom. The van der Waals surface area contributed by atoms with Crippen molar-refractivity contribution in [3.8, 4) is 0 Å². The number of benzene rings is 1. The molecule has 4 nitrogen and oxygen atoms in total. The summed E-state index contributed by atoms with van der Waals surface area (Å²) in [6, 6.07) is 8.95. The van der Waals surface area contributed by atoms with Crippen molar-refractivity contribution in [1.29, 1.82) is 0 Å². The van der Waals surface area contributed by atoms with Gasteiger partial charge in [0.2, 0.25) is 0 Å². The number of hydrogen-bond acceptors (Lipinski definition) is 3. The van der Waals surface area contributed by atoms with Crippen molar-refractivity contribution in [2.75, 3.05) is 0 Å². The van der Waals surface area contributed by atoms with Crippen molar-refractivity contribution < 1.29 is 0 Å². The normalized spacial score (nSPS) is 12.6. The molecule has 1 N–H and O–H groups in total. The molecule has 96 valence electrons. The minimum absolute atomic E-state index is 0.424. The SMILES string of the molecule is Cc1ccccc1CC(C)NCc1cn(C)nn1. The van der Waals surface area contributed by atoms with Crippen LogP contribution in [0.3, 0.4) is 0 Å². The number of nitrogens with zero attached hydrogens (tertiary/aromatic N) is 3. The lowest BCUT2D eigenvalue weighted by Gasteiger charge is -2.14. The number of hydrogen-bond donors (Lipinski definition) is 1. The van der Waals surface area contributed by atoms with Gasteiger partial charge in [-0.05, 0) is 31.4 Å². The number of aromatic nitrogens is 3. The van der Waals surface area contributed by atoms with E-state index in [0.717, 1.165) is 18.7 Å². The molecule has 4 heteroatoms. The molecule has 1 heterocycles. The predicted octanol–water partition coefficient (Wildman–Crippen LogP) is 1.84. The van der Waals surface area contributed by atoms with Gasteiger partial charge in [0, 0.05) is 25.8 Å². The van der Waals surface area contributed by atoms with Crippen LogP contribution < -0.4 is 5.32 Å². The Kier molecular flexibility index (Phi) is 4.10. The van der Waals surface area contributed by atoms with Crippen LogP contribution in [0, 0.1) is 6.92 Å². The highest BCUT2D eigenvalue weighted by Crippen LogP contribution is 2.09. The van der Waals surface area contributed by atoms with Crippen LogP contribution in [0.1, 0.15) is 23.7 Å². The number of aryl methyl sites for hydroxylation is 2. The fourth-order valence-corrected chi connectivity index (χ4v) is 2.00. The van der Waals surface area contributed by atoms with E-state index in [1.807, 2.05) is 13.2 Å². The van der Waals surface area contributed by atoms with Crippen LogP contribution in [0.4, 0.5) is 0 Å². The van der Waals surface area contributed by atoms with Gasteiger partial charge in [-0.2, -0.15) is 0 Å². The maximum Gasteiger partial charge on any atom is 0.0964 e. The fraction of sp³-hybridized carbons (Fsp3) is 0.429. The summed E-state index contributed by atoms with van der Waals surface area (Å²) < 4.78 is 1.73. The van der Waals surface area contributed by atoms with Crippen molar-refractivity contribution in [2.24, 2.45) is 7.05 Å². The first-order valence-electron chi connectivity index (χ1n) is 6.28. The van der Waals surface area contributed by atoms with Crippen LogP contribution >= 0.6 is 0 Å². The Balaban J connectivity index is 1.85. The highest BCUT2D eigenvalue weighted by molar-refractivity contribution is 5.26. The second kappa shape index (κ2) is 5.78. The van der Waals surface area contributed by atoms with E-state index >= 15 is 0 Å². The predicted molar refractivity (Wildman–Crippen MR) is 72.2 cm³/mol. The van der Waals surface area contributed by atoms with Gasteiger partial charge < -0.3 is 5.32 Å². The molecule has 0 spiro atoms. The Hall–Kier alpha value is -1.68. The summed E-state index contributed by atoms with van der Waals surface area (Å²) in [6.07, 6.45) is 2.97. The average molecular weight is 244 g/mol. The maximum atomic E-state index is 4.06.